The molecule has 0 saturated heterocycles. The maximum atomic E-state index is 2.65. The maximum Gasteiger partial charge on any atom is 0.0485 e. The van der Waals surface area contributed by atoms with Crippen LogP contribution in [0.15, 0.2) is 12.2 Å². The quantitative estimate of drug-likeness (QED) is 0.452. The minimum atomic E-state index is -1.03. The van der Waals surface area contributed by atoms with E-state index in [1.807, 2.05) is 0 Å². The van der Waals surface area contributed by atoms with Crippen molar-refractivity contribution in [1.82, 2.24) is 0 Å². The molecule has 1 saturated carbocycles. The van der Waals surface area contributed by atoms with Crippen LogP contribution < -0.4 is 0 Å². The van der Waals surface area contributed by atoms with E-state index in [0.717, 1.165) is 11.1 Å². The van der Waals surface area contributed by atoms with Crippen molar-refractivity contribution in [3.63, 3.8) is 0 Å². The van der Waals surface area contributed by atoms with Gasteiger partial charge in [0.1, 0.15) is 0 Å². The van der Waals surface area contributed by atoms with Gasteiger partial charge in [0.25, 0.3) is 0 Å². The summed E-state index contributed by atoms with van der Waals surface area (Å²) >= 11 is 0. The van der Waals surface area contributed by atoms with Crippen LogP contribution in [0.1, 0.15) is 32.1 Å². The predicted octanol–water partition coefficient (Wildman–Crippen LogP) is 5.71. The molecule has 100 valence electrons. The second-order valence-corrected chi connectivity index (χ2v) is 19.3. The van der Waals surface area contributed by atoms with Gasteiger partial charge in [-0.15, -0.1) is 0 Å². The van der Waals surface area contributed by atoms with E-state index in [0.29, 0.717) is 0 Å². The van der Waals surface area contributed by atoms with Crippen molar-refractivity contribution in [3.8, 4) is 0 Å². The molecule has 17 heavy (non-hydrogen) atoms. The summed E-state index contributed by atoms with van der Waals surface area (Å²) in [6.07, 6.45) is 12.5. The fourth-order valence-electron chi connectivity index (χ4n) is 3.47. The van der Waals surface area contributed by atoms with Gasteiger partial charge in [-0.3, -0.25) is 0 Å². The maximum absolute atomic E-state index is 2.65. The van der Waals surface area contributed by atoms with Crippen LogP contribution in [0, 0.1) is 5.92 Å². The van der Waals surface area contributed by atoms with E-state index in [4.69, 9.17) is 0 Å². The topological polar surface area (TPSA) is 0 Å². The van der Waals surface area contributed by atoms with E-state index in [1.54, 1.807) is 0 Å². The Kier molecular flexibility index (Phi) is 5.27. The van der Waals surface area contributed by atoms with E-state index in [-0.39, 0.29) is 0 Å². The minimum Gasteiger partial charge on any atom is -0.0905 e. The molecule has 0 amide bonds. The molecule has 0 N–H and O–H groups in total. The highest BCUT2D eigenvalue weighted by molar-refractivity contribution is 6.96. The summed E-state index contributed by atoms with van der Waals surface area (Å²) in [6.45, 7) is 15.3. The Morgan fingerprint density at radius 1 is 0.824 bits per heavy atom. The van der Waals surface area contributed by atoms with Crippen molar-refractivity contribution < 1.29 is 0 Å². The lowest BCUT2D eigenvalue weighted by molar-refractivity contribution is 0.419. The molecule has 0 aliphatic heterocycles. The molecule has 1 aliphatic rings. The molecular weight excluding hydrogens is 236 g/mol. The number of allylic oxidation sites excluding steroid dienone is 2. The first kappa shape index (κ1) is 15.2. The van der Waals surface area contributed by atoms with E-state index in [1.165, 1.54) is 32.1 Å². The molecule has 0 aromatic carbocycles. The molecule has 1 aliphatic carbocycles. The van der Waals surface area contributed by atoms with Gasteiger partial charge in [0.15, 0.2) is 0 Å². The summed E-state index contributed by atoms with van der Waals surface area (Å²) in [7, 11) is -2.06. The van der Waals surface area contributed by atoms with Gasteiger partial charge in [0, 0.05) is 16.1 Å². The summed E-state index contributed by atoms with van der Waals surface area (Å²) in [5.74, 6) is 0.902. The zero-order chi connectivity index (χ0) is 13.1. The largest absolute Gasteiger partial charge is 0.0905 e. The third-order valence-electron chi connectivity index (χ3n) is 4.09. The van der Waals surface area contributed by atoms with Gasteiger partial charge in [-0.25, -0.2) is 0 Å². The Labute approximate surface area is 111 Å². The van der Waals surface area contributed by atoms with Crippen molar-refractivity contribution >= 4 is 16.1 Å². The van der Waals surface area contributed by atoms with Crippen LogP contribution in [0.25, 0.3) is 0 Å². The minimum absolute atomic E-state index is 0.902. The Balaban J connectivity index is 2.69. The molecule has 0 aromatic rings. The van der Waals surface area contributed by atoms with E-state index in [2.05, 4.69) is 51.4 Å². The van der Waals surface area contributed by atoms with Crippen LogP contribution in [-0.4, -0.2) is 16.1 Å². The molecule has 2 heteroatoms. The molecule has 0 unspecified atom stereocenters. The molecule has 0 heterocycles. The lowest BCUT2D eigenvalue weighted by Crippen LogP contribution is -2.42. The molecule has 0 atom stereocenters. The summed E-state index contributed by atoms with van der Waals surface area (Å²) in [4.78, 5) is 0. The first-order valence-electron chi connectivity index (χ1n) is 7.39. The van der Waals surface area contributed by atoms with E-state index in [9.17, 15) is 0 Å². The number of rotatable bonds is 4. The van der Waals surface area contributed by atoms with Crippen molar-refractivity contribution in [1.29, 1.82) is 0 Å². The molecular formula is C15H32Si2. The number of hydrogen-bond acceptors (Lipinski definition) is 0. The summed E-state index contributed by atoms with van der Waals surface area (Å²) in [6, 6.07) is 0. The first-order chi connectivity index (χ1) is 7.71. The fraction of sp³-hybridized carbons (Fsp3) is 0.867. The molecule has 1 rings (SSSR count). The zero-order valence-corrected chi connectivity index (χ0v) is 14.8. The Morgan fingerprint density at radius 2 is 1.29 bits per heavy atom. The van der Waals surface area contributed by atoms with Crippen LogP contribution in [0.2, 0.25) is 44.4 Å². The van der Waals surface area contributed by atoms with E-state index < -0.39 is 16.1 Å². The smallest absolute Gasteiger partial charge is 0.0485 e. The van der Waals surface area contributed by atoms with Gasteiger partial charge >= 0.3 is 0 Å². The SMILES string of the molecule is C[Si](C)(C)C(/C=C/C1CCCCC1)[Si](C)(C)C. The lowest BCUT2D eigenvalue weighted by atomic mass is 9.89. The summed E-state index contributed by atoms with van der Waals surface area (Å²) in [5.41, 5.74) is 0. The standard InChI is InChI=1S/C15H32Si2/c1-16(2,3)15(17(4,5)6)13-12-14-10-8-7-9-11-14/h12-15H,7-11H2,1-6H3/b13-12+. The lowest BCUT2D eigenvalue weighted by Gasteiger charge is -2.36. The van der Waals surface area contributed by atoms with Gasteiger partial charge < -0.3 is 0 Å². The normalized spacial score (nSPS) is 20.4. The van der Waals surface area contributed by atoms with Crippen LogP contribution in [0.3, 0.4) is 0 Å². The molecule has 0 nitrogen and oxygen atoms in total. The average Bonchev–Trinajstić information content (AvgIpc) is 2.15. The van der Waals surface area contributed by atoms with Gasteiger partial charge in [-0.2, -0.15) is 0 Å². The van der Waals surface area contributed by atoms with Gasteiger partial charge in [0.2, 0.25) is 0 Å². The second-order valence-electron chi connectivity index (χ2n) is 7.99. The van der Waals surface area contributed by atoms with Crippen LogP contribution in [-0.2, 0) is 0 Å². The summed E-state index contributed by atoms with van der Waals surface area (Å²) < 4.78 is 0. The first-order valence-corrected chi connectivity index (χ1v) is 14.5. The van der Waals surface area contributed by atoms with Gasteiger partial charge in [-0.1, -0.05) is 70.7 Å². The van der Waals surface area contributed by atoms with Crippen molar-refractivity contribution in [2.24, 2.45) is 5.92 Å². The highest BCUT2D eigenvalue weighted by Crippen LogP contribution is 2.35. The third-order valence-corrected chi connectivity index (χ3v) is 13.4. The van der Waals surface area contributed by atoms with Gasteiger partial charge in [-0.05, 0) is 23.9 Å². The monoisotopic (exact) mass is 268 g/mol. The highest BCUT2D eigenvalue weighted by atomic mass is 28.4. The Bertz CT molecular complexity index is 235. The molecule has 0 radical (unpaired) electrons. The third kappa shape index (κ3) is 5.13. The molecule has 1 fully saturated rings. The van der Waals surface area contributed by atoms with Crippen LogP contribution in [0.4, 0.5) is 0 Å². The Morgan fingerprint density at radius 3 is 1.71 bits per heavy atom. The van der Waals surface area contributed by atoms with E-state index >= 15 is 0 Å². The van der Waals surface area contributed by atoms with Crippen molar-refractivity contribution in [2.75, 3.05) is 0 Å². The molecule has 0 bridgehead atoms. The average molecular weight is 269 g/mol. The van der Waals surface area contributed by atoms with Gasteiger partial charge in [0.05, 0.1) is 0 Å². The molecule has 0 aromatic heterocycles. The zero-order valence-electron chi connectivity index (χ0n) is 12.8. The summed E-state index contributed by atoms with van der Waals surface area (Å²) in [5, 5.41) is 0.942. The fourth-order valence-corrected chi connectivity index (χ4v) is 15.2. The van der Waals surface area contributed by atoms with Crippen molar-refractivity contribution in [3.05, 3.63) is 12.2 Å². The predicted molar refractivity (Wildman–Crippen MR) is 86.2 cm³/mol. The van der Waals surface area contributed by atoms with Crippen LogP contribution >= 0.6 is 0 Å². The second kappa shape index (κ2) is 5.88. The highest BCUT2D eigenvalue weighted by Gasteiger charge is 2.35. The molecule has 0 spiro atoms. The van der Waals surface area contributed by atoms with Crippen molar-refractivity contribution in [2.45, 2.75) is 76.6 Å². The number of hydrogen-bond donors (Lipinski definition) is 0. The van der Waals surface area contributed by atoms with Crippen LogP contribution in [0.5, 0.6) is 0 Å². The Hall–Kier alpha value is 0.174.